The molecule has 0 fully saturated rings. The number of hydrogen-bond donors (Lipinski definition) is 1. The maximum absolute atomic E-state index is 5.17. The maximum atomic E-state index is 5.17. The summed E-state index contributed by atoms with van der Waals surface area (Å²) < 4.78 is 7.29. The number of aryl methyl sites for hydroxylation is 1. The summed E-state index contributed by atoms with van der Waals surface area (Å²) in [7, 11) is 3.81. The highest BCUT2D eigenvalue weighted by Gasteiger charge is 2.34. The lowest BCUT2D eigenvalue weighted by atomic mass is 9.88. The standard InChI is InChI=1S/C11H19N3O/c1-11(5-7-15-3)10-9(4-6-13-11)12-8-14(10)2/h8,13H,4-7H2,1-3H3. The number of nitrogens with one attached hydrogen (secondary N) is 1. The monoisotopic (exact) mass is 209 g/mol. The largest absolute Gasteiger partial charge is 0.385 e. The van der Waals surface area contributed by atoms with Crippen molar-refractivity contribution in [2.45, 2.75) is 25.3 Å². The number of fused-ring (bicyclic) bond motifs is 1. The Kier molecular flexibility index (Phi) is 2.80. The summed E-state index contributed by atoms with van der Waals surface area (Å²) in [6, 6.07) is 0. The Balaban J connectivity index is 2.30. The van der Waals surface area contributed by atoms with Crippen molar-refractivity contribution in [3.8, 4) is 0 Å². The Labute approximate surface area is 90.6 Å². The number of ether oxygens (including phenoxy) is 1. The van der Waals surface area contributed by atoms with E-state index in [-0.39, 0.29) is 5.54 Å². The fourth-order valence-corrected chi connectivity index (χ4v) is 2.42. The molecule has 15 heavy (non-hydrogen) atoms. The average Bonchev–Trinajstić information content (AvgIpc) is 2.59. The number of aromatic nitrogens is 2. The van der Waals surface area contributed by atoms with Crippen molar-refractivity contribution in [1.82, 2.24) is 14.9 Å². The van der Waals surface area contributed by atoms with Crippen molar-refractivity contribution >= 4 is 0 Å². The smallest absolute Gasteiger partial charge is 0.0949 e. The van der Waals surface area contributed by atoms with Gasteiger partial charge in [0, 0.05) is 33.7 Å². The third-order valence-corrected chi connectivity index (χ3v) is 3.22. The van der Waals surface area contributed by atoms with E-state index in [1.54, 1.807) is 7.11 Å². The van der Waals surface area contributed by atoms with Crippen LogP contribution in [0, 0.1) is 0 Å². The van der Waals surface area contributed by atoms with Gasteiger partial charge < -0.3 is 14.6 Å². The number of methoxy groups -OCH3 is 1. The Hall–Kier alpha value is -0.870. The third kappa shape index (κ3) is 1.79. The third-order valence-electron chi connectivity index (χ3n) is 3.22. The minimum atomic E-state index is 0.00877. The van der Waals surface area contributed by atoms with Crippen molar-refractivity contribution in [2.24, 2.45) is 7.05 Å². The molecular formula is C11H19N3O. The van der Waals surface area contributed by atoms with E-state index in [4.69, 9.17) is 4.74 Å². The summed E-state index contributed by atoms with van der Waals surface area (Å²) in [6.07, 6.45) is 3.91. The van der Waals surface area contributed by atoms with Gasteiger partial charge in [-0.1, -0.05) is 0 Å². The lowest BCUT2D eigenvalue weighted by Crippen LogP contribution is -2.46. The summed E-state index contributed by atoms with van der Waals surface area (Å²) in [6.45, 7) is 4.00. The van der Waals surface area contributed by atoms with E-state index in [9.17, 15) is 0 Å². The van der Waals surface area contributed by atoms with Gasteiger partial charge >= 0.3 is 0 Å². The highest BCUT2D eigenvalue weighted by atomic mass is 16.5. The molecule has 84 valence electrons. The lowest BCUT2D eigenvalue weighted by Gasteiger charge is -2.35. The van der Waals surface area contributed by atoms with Gasteiger partial charge in [0.05, 0.1) is 23.3 Å². The van der Waals surface area contributed by atoms with E-state index in [0.29, 0.717) is 0 Å². The molecule has 1 aliphatic rings. The Morgan fingerprint density at radius 3 is 3.20 bits per heavy atom. The molecule has 1 aliphatic heterocycles. The summed E-state index contributed by atoms with van der Waals surface area (Å²) in [5, 5.41) is 3.57. The molecule has 1 aromatic heterocycles. The molecule has 1 atom stereocenters. The van der Waals surface area contributed by atoms with Gasteiger partial charge in [-0.2, -0.15) is 0 Å². The topological polar surface area (TPSA) is 39.1 Å². The van der Waals surface area contributed by atoms with Gasteiger partial charge in [-0.15, -0.1) is 0 Å². The molecule has 0 aromatic carbocycles. The molecule has 4 nitrogen and oxygen atoms in total. The molecule has 0 saturated carbocycles. The minimum absolute atomic E-state index is 0.00877. The van der Waals surface area contributed by atoms with Crippen LogP contribution in [-0.2, 0) is 23.7 Å². The summed E-state index contributed by atoms with van der Waals surface area (Å²) >= 11 is 0. The molecule has 1 N–H and O–H groups in total. The molecule has 1 unspecified atom stereocenters. The summed E-state index contributed by atoms with van der Waals surface area (Å²) in [5.74, 6) is 0. The normalized spacial score (nSPS) is 25.3. The van der Waals surface area contributed by atoms with Crippen LogP contribution in [-0.4, -0.2) is 29.8 Å². The fraction of sp³-hybridized carbons (Fsp3) is 0.727. The molecule has 2 rings (SSSR count). The Morgan fingerprint density at radius 2 is 2.47 bits per heavy atom. The van der Waals surface area contributed by atoms with E-state index in [0.717, 1.165) is 26.0 Å². The van der Waals surface area contributed by atoms with Gasteiger partial charge in [0.15, 0.2) is 0 Å². The lowest BCUT2D eigenvalue weighted by molar-refractivity contribution is 0.153. The molecule has 0 aliphatic carbocycles. The molecule has 0 radical (unpaired) electrons. The van der Waals surface area contributed by atoms with Gasteiger partial charge in [-0.05, 0) is 13.3 Å². The molecule has 0 amide bonds. The zero-order chi connectivity index (χ0) is 10.9. The van der Waals surface area contributed by atoms with Gasteiger partial charge in [0.25, 0.3) is 0 Å². The second-order valence-electron chi connectivity index (χ2n) is 4.40. The zero-order valence-corrected chi connectivity index (χ0v) is 9.71. The predicted molar refractivity (Wildman–Crippen MR) is 58.8 cm³/mol. The van der Waals surface area contributed by atoms with Gasteiger partial charge in [0.1, 0.15) is 0 Å². The van der Waals surface area contributed by atoms with Crippen molar-refractivity contribution in [2.75, 3.05) is 20.3 Å². The van der Waals surface area contributed by atoms with Crippen LogP contribution in [0.1, 0.15) is 24.7 Å². The summed E-state index contributed by atoms with van der Waals surface area (Å²) in [4.78, 5) is 4.44. The van der Waals surface area contributed by atoms with Crippen molar-refractivity contribution in [1.29, 1.82) is 0 Å². The van der Waals surface area contributed by atoms with Crippen LogP contribution >= 0.6 is 0 Å². The predicted octanol–water partition coefficient (Wildman–Crippen LogP) is 0.817. The highest BCUT2D eigenvalue weighted by molar-refractivity contribution is 5.25. The Bertz CT molecular complexity index is 348. The van der Waals surface area contributed by atoms with E-state index in [1.165, 1.54) is 11.4 Å². The average molecular weight is 209 g/mol. The van der Waals surface area contributed by atoms with Crippen LogP contribution in [0.15, 0.2) is 6.33 Å². The first-order valence-electron chi connectivity index (χ1n) is 5.42. The molecule has 2 heterocycles. The van der Waals surface area contributed by atoms with Crippen LogP contribution in [0.5, 0.6) is 0 Å². The number of rotatable bonds is 3. The van der Waals surface area contributed by atoms with Crippen LogP contribution in [0.3, 0.4) is 0 Å². The molecule has 4 heteroatoms. The second kappa shape index (κ2) is 3.94. The number of imidazole rings is 1. The fourth-order valence-electron chi connectivity index (χ4n) is 2.42. The molecule has 0 saturated heterocycles. The number of hydrogen-bond acceptors (Lipinski definition) is 3. The van der Waals surface area contributed by atoms with Crippen molar-refractivity contribution in [3.63, 3.8) is 0 Å². The van der Waals surface area contributed by atoms with Crippen LogP contribution in [0.4, 0.5) is 0 Å². The van der Waals surface area contributed by atoms with Gasteiger partial charge in [0.2, 0.25) is 0 Å². The van der Waals surface area contributed by atoms with Crippen LogP contribution in [0.2, 0.25) is 0 Å². The second-order valence-corrected chi connectivity index (χ2v) is 4.40. The minimum Gasteiger partial charge on any atom is -0.385 e. The quantitative estimate of drug-likeness (QED) is 0.801. The van der Waals surface area contributed by atoms with Crippen molar-refractivity contribution < 1.29 is 4.74 Å². The zero-order valence-electron chi connectivity index (χ0n) is 9.71. The van der Waals surface area contributed by atoms with Gasteiger partial charge in [-0.3, -0.25) is 0 Å². The van der Waals surface area contributed by atoms with Gasteiger partial charge in [-0.25, -0.2) is 4.98 Å². The summed E-state index contributed by atoms with van der Waals surface area (Å²) in [5.41, 5.74) is 2.55. The van der Waals surface area contributed by atoms with Crippen LogP contribution in [0.25, 0.3) is 0 Å². The molecule has 1 aromatic rings. The first-order chi connectivity index (χ1) is 7.17. The van der Waals surface area contributed by atoms with E-state index >= 15 is 0 Å². The van der Waals surface area contributed by atoms with Crippen LogP contribution < -0.4 is 5.32 Å². The highest BCUT2D eigenvalue weighted by Crippen LogP contribution is 2.30. The first-order valence-corrected chi connectivity index (χ1v) is 5.42. The molecular weight excluding hydrogens is 190 g/mol. The molecule has 0 bridgehead atoms. The molecule has 0 spiro atoms. The SMILES string of the molecule is COCCC1(C)NCCc2ncn(C)c21. The number of nitrogens with zero attached hydrogens (tertiary/aromatic N) is 2. The van der Waals surface area contributed by atoms with Crippen molar-refractivity contribution in [3.05, 3.63) is 17.7 Å². The maximum Gasteiger partial charge on any atom is 0.0949 e. The van der Waals surface area contributed by atoms with E-state index in [2.05, 4.69) is 28.8 Å². The Morgan fingerprint density at radius 1 is 1.67 bits per heavy atom. The van der Waals surface area contributed by atoms with E-state index in [1.807, 2.05) is 6.33 Å². The van der Waals surface area contributed by atoms with E-state index < -0.39 is 0 Å². The first kappa shape index (κ1) is 10.6.